The largest absolute Gasteiger partial charge is 0.382 e. The van der Waals surface area contributed by atoms with E-state index < -0.39 is 5.92 Å². The van der Waals surface area contributed by atoms with Gasteiger partial charge < -0.3 is 14.5 Å². The molecule has 0 radical (unpaired) electrons. The molecule has 0 bridgehead atoms. The molecule has 0 spiro atoms. The summed E-state index contributed by atoms with van der Waals surface area (Å²) in [4.78, 5) is 16.6. The van der Waals surface area contributed by atoms with E-state index in [9.17, 15) is 13.6 Å². The van der Waals surface area contributed by atoms with Crippen molar-refractivity contribution in [1.82, 2.24) is 14.1 Å². The first kappa shape index (κ1) is 20.6. The maximum absolute atomic E-state index is 13.1. The number of nitrogens with one attached hydrogen (secondary N) is 1. The Morgan fingerprint density at radius 2 is 1.97 bits per heavy atom. The summed E-state index contributed by atoms with van der Waals surface area (Å²) in [6.45, 7) is 0.999. The number of pyridine rings is 1. The van der Waals surface area contributed by atoms with Gasteiger partial charge in [0.15, 0.2) is 0 Å². The average Bonchev–Trinajstić information content (AvgIpc) is 3.25. The molecule has 1 aromatic carbocycles. The van der Waals surface area contributed by atoms with Crippen LogP contribution in [0.15, 0.2) is 47.8 Å². The number of halogens is 2. The van der Waals surface area contributed by atoms with E-state index in [1.165, 1.54) is 0 Å². The lowest BCUT2D eigenvalue weighted by Gasteiger charge is -2.30. The highest BCUT2D eigenvalue weighted by molar-refractivity contribution is 5.93. The van der Waals surface area contributed by atoms with Crippen molar-refractivity contribution >= 4 is 16.6 Å². The minimum atomic E-state index is -2.58. The van der Waals surface area contributed by atoms with Crippen molar-refractivity contribution in [2.45, 2.75) is 57.4 Å². The van der Waals surface area contributed by atoms with E-state index in [-0.39, 0.29) is 18.0 Å². The van der Waals surface area contributed by atoms with E-state index in [1.54, 1.807) is 30.2 Å². The summed E-state index contributed by atoms with van der Waals surface area (Å²) in [6, 6.07) is 7.90. The molecule has 4 rings (SSSR count). The van der Waals surface area contributed by atoms with Crippen LogP contribution in [-0.4, -0.2) is 26.1 Å². The van der Waals surface area contributed by atoms with Crippen LogP contribution >= 0.6 is 0 Å². The number of fused-ring (bicyclic) bond motifs is 1. The molecule has 1 N–H and O–H groups in total. The highest BCUT2D eigenvalue weighted by Gasteiger charge is 2.26. The second kappa shape index (κ2) is 8.20. The fourth-order valence-electron chi connectivity index (χ4n) is 4.41. The van der Waals surface area contributed by atoms with Crippen LogP contribution in [0.1, 0.15) is 45.4 Å². The van der Waals surface area contributed by atoms with Gasteiger partial charge in [-0.3, -0.25) is 4.79 Å². The SMILES string of the molecule is Cn1c(=O)cc(NC2CCC(CCC(C)(F)F)CC2)c2cc(-n3ccnc3)ccc21. The van der Waals surface area contributed by atoms with Crippen LogP contribution in [0.2, 0.25) is 0 Å². The van der Waals surface area contributed by atoms with Crippen molar-refractivity contribution < 1.29 is 8.78 Å². The zero-order valence-corrected chi connectivity index (χ0v) is 17.4. The summed E-state index contributed by atoms with van der Waals surface area (Å²) in [5.41, 5.74) is 2.62. The lowest BCUT2D eigenvalue weighted by molar-refractivity contribution is 0.00503. The van der Waals surface area contributed by atoms with Gasteiger partial charge in [-0.05, 0) is 63.1 Å². The van der Waals surface area contributed by atoms with Crippen LogP contribution in [-0.2, 0) is 7.05 Å². The normalized spacial score (nSPS) is 19.9. The number of nitrogens with zero attached hydrogens (tertiary/aromatic N) is 3. The Bertz CT molecular complexity index is 1060. The zero-order valence-electron chi connectivity index (χ0n) is 17.4. The Morgan fingerprint density at radius 3 is 2.63 bits per heavy atom. The molecule has 30 heavy (non-hydrogen) atoms. The first-order chi connectivity index (χ1) is 14.3. The molecule has 1 saturated carbocycles. The molecule has 160 valence electrons. The summed E-state index contributed by atoms with van der Waals surface area (Å²) in [6.07, 6.45) is 9.65. The van der Waals surface area contributed by atoms with E-state index in [4.69, 9.17) is 0 Å². The first-order valence-electron chi connectivity index (χ1n) is 10.6. The van der Waals surface area contributed by atoms with Crippen molar-refractivity contribution in [3.63, 3.8) is 0 Å². The molecule has 0 saturated heterocycles. The molecule has 3 aromatic rings. The number of anilines is 1. The van der Waals surface area contributed by atoms with Crippen molar-refractivity contribution in [3.8, 4) is 5.69 Å². The van der Waals surface area contributed by atoms with Crippen molar-refractivity contribution in [1.29, 1.82) is 0 Å². The van der Waals surface area contributed by atoms with Crippen molar-refractivity contribution in [3.05, 3.63) is 53.3 Å². The van der Waals surface area contributed by atoms with Crippen LogP contribution in [0.3, 0.4) is 0 Å². The Kier molecular flexibility index (Phi) is 5.62. The van der Waals surface area contributed by atoms with Gasteiger partial charge in [0.2, 0.25) is 5.92 Å². The van der Waals surface area contributed by atoms with Crippen LogP contribution in [0, 0.1) is 5.92 Å². The highest BCUT2D eigenvalue weighted by atomic mass is 19.3. The van der Waals surface area contributed by atoms with Gasteiger partial charge in [-0.25, -0.2) is 13.8 Å². The number of imidazole rings is 1. The average molecular weight is 415 g/mol. The van der Waals surface area contributed by atoms with Gasteiger partial charge >= 0.3 is 0 Å². The number of aryl methyl sites for hydroxylation is 1. The minimum absolute atomic E-state index is 0.0356. The van der Waals surface area contributed by atoms with Crippen LogP contribution < -0.4 is 10.9 Å². The third kappa shape index (κ3) is 4.55. The fourth-order valence-corrected chi connectivity index (χ4v) is 4.41. The third-order valence-electron chi connectivity index (χ3n) is 6.23. The number of hydrogen-bond donors (Lipinski definition) is 1. The van der Waals surface area contributed by atoms with Gasteiger partial charge in [-0.1, -0.05) is 0 Å². The molecule has 0 aliphatic heterocycles. The topological polar surface area (TPSA) is 51.9 Å². The van der Waals surface area contributed by atoms with Gasteiger partial charge in [0.05, 0.1) is 11.8 Å². The third-order valence-corrected chi connectivity index (χ3v) is 6.23. The lowest BCUT2D eigenvalue weighted by atomic mass is 9.83. The summed E-state index contributed by atoms with van der Waals surface area (Å²) in [5.74, 6) is -2.22. The number of alkyl halides is 2. The number of hydrogen-bond acceptors (Lipinski definition) is 3. The molecule has 7 heteroatoms. The molecular formula is C23H28F2N4O. The van der Waals surface area contributed by atoms with Crippen molar-refractivity contribution in [2.24, 2.45) is 13.0 Å². The lowest BCUT2D eigenvalue weighted by Crippen LogP contribution is -2.28. The van der Waals surface area contributed by atoms with Gasteiger partial charge in [0, 0.05) is 54.7 Å². The van der Waals surface area contributed by atoms with E-state index in [0.717, 1.165) is 54.9 Å². The molecule has 2 heterocycles. The Hall–Kier alpha value is -2.70. The second-order valence-electron chi connectivity index (χ2n) is 8.60. The van der Waals surface area contributed by atoms with Crippen LogP contribution in [0.4, 0.5) is 14.5 Å². The Balaban J connectivity index is 1.53. The van der Waals surface area contributed by atoms with E-state index in [2.05, 4.69) is 16.4 Å². The number of benzene rings is 1. The monoisotopic (exact) mass is 414 g/mol. The maximum atomic E-state index is 13.1. The van der Waals surface area contributed by atoms with Crippen LogP contribution in [0.5, 0.6) is 0 Å². The Labute approximate surface area is 174 Å². The minimum Gasteiger partial charge on any atom is -0.382 e. The second-order valence-corrected chi connectivity index (χ2v) is 8.60. The Morgan fingerprint density at radius 1 is 1.20 bits per heavy atom. The van der Waals surface area contributed by atoms with Crippen LogP contribution in [0.25, 0.3) is 16.6 Å². The first-order valence-corrected chi connectivity index (χ1v) is 10.6. The van der Waals surface area contributed by atoms with E-state index in [1.807, 2.05) is 22.9 Å². The molecule has 0 unspecified atom stereocenters. The molecular weight excluding hydrogens is 386 g/mol. The maximum Gasteiger partial charge on any atom is 0.252 e. The molecule has 2 aromatic heterocycles. The predicted octanol–water partition coefficient (Wildman–Crippen LogP) is 5.13. The molecule has 1 fully saturated rings. The van der Waals surface area contributed by atoms with Gasteiger partial charge in [-0.15, -0.1) is 0 Å². The molecule has 0 amide bonds. The van der Waals surface area contributed by atoms with E-state index >= 15 is 0 Å². The zero-order chi connectivity index (χ0) is 21.3. The fraction of sp³-hybridized carbons (Fsp3) is 0.478. The summed E-state index contributed by atoms with van der Waals surface area (Å²) >= 11 is 0. The molecule has 1 aliphatic carbocycles. The summed E-state index contributed by atoms with van der Waals surface area (Å²) in [5, 5.41) is 4.55. The highest BCUT2D eigenvalue weighted by Crippen LogP contribution is 2.33. The van der Waals surface area contributed by atoms with Gasteiger partial charge in [-0.2, -0.15) is 0 Å². The summed E-state index contributed by atoms with van der Waals surface area (Å²) < 4.78 is 29.9. The number of rotatable bonds is 6. The van der Waals surface area contributed by atoms with Gasteiger partial charge in [0.1, 0.15) is 0 Å². The quantitative estimate of drug-likeness (QED) is 0.608. The van der Waals surface area contributed by atoms with E-state index in [0.29, 0.717) is 12.3 Å². The van der Waals surface area contributed by atoms with Gasteiger partial charge in [0.25, 0.3) is 5.56 Å². The molecule has 1 aliphatic rings. The summed E-state index contributed by atoms with van der Waals surface area (Å²) in [7, 11) is 1.78. The standard InChI is InChI=1S/C23H28F2N4O/c1-23(24,25)10-9-16-3-5-17(6-4-16)27-20-14-22(30)28(2)21-8-7-18(13-19(20)21)29-12-11-26-15-29/h7-8,11-17,27H,3-6,9-10H2,1-2H3. The smallest absolute Gasteiger partial charge is 0.252 e. The molecule has 5 nitrogen and oxygen atoms in total. The predicted molar refractivity (Wildman–Crippen MR) is 116 cm³/mol. The number of aromatic nitrogens is 3. The van der Waals surface area contributed by atoms with Crippen molar-refractivity contribution in [2.75, 3.05) is 5.32 Å². The molecule has 0 atom stereocenters.